The van der Waals surface area contributed by atoms with Gasteiger partial charge in [0, 0.05) is 35.8 Å². The van der Waals surface area contributed by atoms with Gasteiger partial charge in [-0.05, 0) is 12.5 Å². The molecule has 6 heteroatoms. The van der Waals surface area contributed by atoms with Crippen LogP contribution in [0.4, 0.5) is 0 Å². The van der Waals surface area contributed by atoms with E-state index in [4.69, 9.17) is 0 Å². The fourth-order valence-electron chi connectivity index (χ4n) is 3.76. The predicted octanol–water partition coefficient (Wildman–Crippen LogP) is 3.51. The Bertz CT molecular complexity index is 1100. The van der Waals surface area contributed by atoms with Crippen molar-refractivity contribution in [1.82, 2.24) is 24.9 Å². The fourth-order valence-corrected chi connectivity index (χ4v) is 3.76. The molecule has 6 nitrogen and oxygen atoms in total. The fraction of sp³-hybridized carbons (Fsp3) is 0.190. The zero-order chi connectivity index (χ0) is 18.2. The van der Waals surface area contributed by atoms with Crippen molar-refractivity contribution in [3.63, 3.8) is 0 Å². The number of aromatic nitrogens is 4. The van der Waals surface area contributed by atoms with Crippen molar-refractivity contribution in [2.45, 2.75) is 12.5 Å². The van der Waals surface area contributed by atoms with E-state index in [1.54, 1.807) is 0 Å². The van der Waals surface area contributed by atoms with E-state index in [0.717, 1.165) is 40.7 Å². The van der Waals surface area contributed by atoms with Crippen molar-refractivity contribution in [2.75, 3.05) is 13.1 Å². The minimum Gasteiger partial charge on any atom is -0.360 e. The number of nitrogens with one attached hydrogen (secondary N) is 1. The van der Waals surface area contributed by atoms with E-state index in [0.29, 0.717) is 6.54 Å². The van der Waals surface area contributed by atoms with Crippen LogP contribution in [0.2, 0.25) is 0 Å². The zero-order valence-corrected chi connectivity index (χ0v) is 14.7. The monoisotopic (exact) mass is 357 g/mol. The molecule has 1 fully saturated rings. The van der Waals surface area contributed by atoms with Gasteiger partial charge in [0.25, 0.3) is 5.91 Å². The lowest BCUT2D eigenvalue weighted by Crippen LogP contribution is -2.29. The van der Waals surface area contributed by atoms with Gasteiger partial charge in [-0.2, -0.15) is 0 Å². The lowest BCUT2D eigenvalue weighted by molar-refractivity contribution is 0.0789. The van der Waals surface area contributed by atoms with Crippen LogP contribution in [0.5, 0.6) is 0 Å². The van der Waals surface area contributed by atoms with E-state index in [1.807, 2.05) is 76.6 Å². The largest absolute Gasteiger partial charge is 0.360 e. The molecule has 1 N–H and O–H groups in total. The molecule has 1 saturated heterocycles. The van der Waals surface area contributed by atoms with Gasteiger partial charge < -0.3 is 9.88 Å². The van der Waals surface area contributed by atoms with E-state index in [9.17, 15) is 4.79 Å². The first-order valence-corrected chi connectivity index (χ1v) is 9.12. The number of benzene rings is 2. The molecule has 134 valence electrons. The van der Waals surface area contributed by atoms with Crippen molar-refractivity contribution >= 4 is 16.8 Å². The SMILES string of the molecule is O=C(c1c[nH]c2ccccc12)N1CCC(n2cc(-c3ccccc3)nn2)C1. The molecule has 0 saturated carbocycles. The first kappa shape index (κ1) is 15.8. The van der Waals surface area contributed by atoms with Crippen LogP contribution >= 0.6 is 0 Å². The van der Waals surface area contributed by atoms with E-state index < -0.39 is 0 Å². The third kappa shape index (κ3) is 2.79. The van der Waals surface area contributed by atoms with Crippen molar-refractivity contribution < 1.29 is 4.79 Å². The van der Waals surface area contributed by atoms with Crippen LogP contribution in [0.15, 0.2) is 67.0 Å². The molecule has 1 amide bonds. The maximum Gasteiger partial charge on any atom is 0.256 e. The molecule has 0 radical (unpaired) electrons. The topological polar surface area (TPSA) is 66.8 Å². The van der Waals surface area contributed by atoms with Gasteiger partial charge in [-0.25, -0.2) is 4.68 Å². The lowest BCUT2D eigenvalue weighted by Gasteiger charge is -2.16. The van der Waals surface area contributed by atoms with Crippen LogP contribution in [0.3, 0.4) is 0 Å². The van der Waals surface area contributed by atoms with E-state index in [2.05, 4.69) is 15.3 Å². The maximum atomic E-state index is 13.0. The molecule has 1 aliphatic rings. The summed E-state index contributed by atoms with van der Waals surface area (Å²) >= 11 is 0. The molecule has 1 aliphatic heterocycles. The van der Waals surface area contributed by atoms with Gasteiger partial charge in [0.05, 0.1) is 17.8 Å². The van der Waals surface area contributed by atoms with Gasteiger partial charge in [-0.15, -0.1) is 5.10 Å². The number of carbonyl (C=O) groups excluding carboxylic acids is 1. The minimum atomic E-state index is 0.0679. The number of amides is 1. The Balaban J connectivity index is 1.34. The van der Waals surface area contributed by atoms with Crippen LogP contribution < -0.4 is 0 Å². The number of carbonyl (C=O) groups is 1. The summed E-state index contributed by atoms with van der Waals surface area (Å²) in [7, 11) is 0. The summed E-state index contributed by atoms with van der Waals surface area (Å²) in [6, 6.07) is 18.1. The second-order valence-electron chi connectivity index (χ2n) is 6.89. The first-order valence-electron chi connectivity index (χ1n) is 9.12. The first-order chi connectivity index (χ1) is 13.3. The van der Waals surface area contributed by atoms with Crippen LogP contribution in [0.25, 0.3) is 22.2 Å². The summed E-state index contributed by atoms with van der Waals surface area (Å²) in [5.74, 6) is 0.0679. The number of likely N-dealkylation sites (tertiary alicyclic amines) is 1. The predicted molar refractivity (Wildman–Crippen MR) is 103 cm³/mol. The third-order valence-corrected chi connectivity index (χ3v) is 5.22. The van der Waals surface area contributed by atoms with Crippen LogP contribution in [0.1, 0.15) is 22.8 Å². The molecule has 2 aromatic carbocycles. The van der Waals surface area contributed by atoms with Crippen molar-refractivity contribution in [3.05, 3.63) is 72.6 Å². The molecule has 2 aromatic heterocycles. The second kappa shape index (κ2) is 6.39. The standard InChI is InChI=1S/C21H19N5O/c27-21(18-12-22-19-9-5-4-8-17(18)19)25-11-10-16(13-25)26-14-20(23-24-26)15-6-2-1-3-7-15/h1-9,12,14,16,22H,10-11,13H2. The normalized spacial score (nSPS) is 16.9. The Hall–Kier alpha value is -3.41. The van der Waals surface area contributed by atoms with E-state index >= 15 is 0 Å². The summed E-state index contributed by atoms with van der Waals surface area (Å²) in [6.45, 7) is 1.37. The van der Waals surface area contributed by atoms with Gasteiger partial charge in [-0.3, -0.25) is 4.79 Å². The highest BCUT2D eigenvalue weighted by Gasteiger charge is 2.30. The molecule has 5 rings (SSSR count). The number of rotatable bonds is 3. The van der Waals surface area contributed by atoms with E-state index in [-0.39, 0.29) is 11.9 Å². The van der Waals surface area contributed by atoms with Crippen molar-refractivity contribution in [3.8, 4) is 11.3 Å². The van der Waals surface area contributed by atoms with E-state index in [1.165, 1.54) is 0 Å². The molecule has 3 heterocycles. The summed E-state index contributed by atoms with van der Waals surface area (Å²) < 4.78 is 1.89. The number of H-pyrrole nitrogens is 1. The van der Waals surface area contributed by atoms with Gasteiger partial charge in [-0.1, -0.05) is 53.7 Å². The molecular weight excluding hydrogens is 338 g/mol. The van der Waals surface area contributed by atoms with Crippen LogP contribution in [-0.2, 0) is 0 Å². The molecule has 0 bridgehead atoms. The molecule has 4 aromatic rings. The average Bonchev–Trinajstić information content (AvgIpc) is 3.46. The van der Waals surface area contributed by atoms with Crippen molar-refractivity contribution in [1.29, 1.82) is 0 Å². The van der Waals surface area contributed by atoms with Gasteiger partial charge in [0.2, 0.25) is 0 Å². The summed E-state index contributed by atoms with van der Waals surface area (Å²) in [6.07, 6.45) is 4.66. The Morgan fingerprint density at radius 3 is 2.78 bits per heavy atom. The van der Waals surface area contributed by atoms with Gasteiger partial charge in [0.1, 0.15) is 5.69 Å². The zero-order valence-electron chi connectivity index (χ0n) is 14.7. The quantitative estimate of drug-likeness (QED) is 0.610. The highest BCUT2D eigenvalue weighted by atomic mass is 16.2. The molecule has 1 atom stereocenters. The van der Waals surface area contributed by atoms with Crippen LogP contribution in [-0.4, -0.2) is 43.9 Å². The van der Waals surface area contributed by atoms with Gasteiger partial charge in [0.15, 0.2) is 0 Å². The molecule has 1 unspecified atom stereocenters. The lowest BCUT2D eigenvalue weighted by atomic mass is 10.1. The summed E-state index contributed by atoms with van der Waals surface area (Å²) in [5, 5.41) is 9.57. The highest BCUT2D eigenvalue weighted by Crippen LogP contribution is 2.26. The van der Waals surface area contributed by atoms with Crippen LogP contribution in [0, 0.1) is 0 Å². The molecule has 0 aliphatic carbocycles. The maximum absolute atomic E-state index is 13.0. The Morgan fingerprint density at radius 2 is 1.89 bits per heavy atom. The average molecular weight is 357 g/mol. The number of hydrogen-bond acceptors (Lipinski definition) is 3. The Morgan fingerprint density at radius 1 is 1.07 bits per heavy atom. The number of nitrogens with zero attached hydrogens (tertiary/aromatic N) is 4. The summed E-state index contributed by atoms with van der Waals surface area (Å²) in [5.41, 5.74) is 3.63. The number of hydrogen-bond donors (Lipinski definition) is 1. The minimum absolute atomic E-state index is 0.0679. The number of para-hydroxylation sites is 1. The number of aromatic amines is 1. The van der Waals surface area contributed by atoms with Gasteiger partial charge >= 0.3 is 0 Å². The number of fused-ring (bicyclic) bond motifs is 1. The highest BCUT2D eigenvalue weighted by molar-refractivity contribution is 6.06. The molecular formula is C21H19N5O. The molecule has 27 heavy (non-hydrogen) atoms. The smallest absolute Gasteiger partial charge is 0.256 e. The van der Waals surface area contributed by atoms with Crippen molar-refractivity contribution in [2.24, 2.45) is 0 Å². The molecule has 0 spiro atoms. The second-order valence-corrected chi connectivity index (χ2v) is 6.89. The summed E-state index contributed by atoms with van der Waals surface area (Å²) in [4.78, 5) is 18.1. The third-order valence-electron chi connectivity index (χ3n) is 5.22. The Labute approximate surface area is 156 Å². The Kier molecular flexibility index (Phi) is 3.74.